The molecule has 0 radical (unpaired) electrons. The topological polar surface area (TPSA) is 32.3 Å². The molecule has 0 aliphatic rings. The van der Waals surface area contributed by atoms with Crippen LogP contribution in [0.15, 0.2) is 24.3 Å². The van der Waals surface area contributed by atoms with E-state index in [2.05, 4.69) is 43.4 Å². The monoisotopic (exact) mass is 221 g/mol. The highest BCUT2D eigenvalue weighted by atomic mass is 16.3. The van der Waals surface area contributed by atoms with Gasteiger partial charge >= 0.3 is 0 Å². The molecular weight excluding hydrogens is 198 g/mol. The Morgan fingerprint density at radius 2 is 1.81 bits per heavy atom. The number of nitrogens with one attached hydrogen (secondary N) is 1. The van der Waals surface area contributed by atoms with Gasteiger partial charge in [0, 0.05) is 6.61 Å². The first-order chi connectivity index (χ1) is 7.74. The fraction of sp³-hybridized carbons (Fsp3) is 0.571. The van der Waals surface area contributed by atoms with Crippen molar-refractivity contribution in [2.75, 3.05) is 19.7 Å². The lowest BCUT2D eigenvalue weighted by atomic mass is 10.0. The van der Waals surface area contributed by atoms with Crippen molar-refractivity contribution in [3.05, 3.63) is 35.4 Å². The van der Waals surface area contributed by atoms with Crippen LogP contribution in [0.3, 0.4) is 0 Å². The third kappa shape index (κ3) is 4.77. The van der Waals surface area contributed by atoms with Crippen LogP contribution in [0, 0.1) is 0 Å². The highest BCUT2D eigenvalue weighted by Crippen LogP contribution is 2.14. The lowest BCUT2D eigenvalue weighted by Gasteiger charge is -2.07. The maximum atomic E-state index is 8.63. The van der Waals surface area contributed by atoms with Gasteiger partial charge in [-0.1, -0.05) is 38.1 Å². The minimum atomic E-state index is 0.274. The molecule has 0 aliphatic carbocycles. The number of hydrogen-bond donors (Lipinski definition) is 2. The molecule has 0 unspecified atom stereocenters. The number of rotatable bonds is 7. The van der Waals surface area contributed by atoms with Gasteiger partial charge in [0.15, 0.2) is 0 Å². The summed E-state index contributed by atoms with van der Waals surface area (Å²) < 4.78 is 0. The summed E-state index contributed by atoms with van der Waals surface area (Å²) in [6.07, 6.45) is 1.90. The van der Waals surface area contributed by atoms with Gasteiger partial charge in [-0.15, -0.1) is 0 Å². The van der Waals surface area contributed by atoms with Gasteiger partial charge in [-0.05, 0) is 43.0 Å². The molecule has 0 saturated carbocycles. The van der Waals surface area contributed by atoms with Crippen molar-refractivity contribution < 1.29 is 5.11 Å². The van der Waals surface area contributed by atoms with Gasteiger partial charge in [0.05, 0.1) is 0 Å². The van der Waals surface area contributed by atoms with Crippen LogP contribution in [0.2, 0.25) is 0 Å². The maximum Gasteiger partial charge on any atom is 0.0443 e. The van der Waals surface area contributed by atoms with Gasteiger partial charge in [-0.3, -0.25) is 0 Å². The third-order valence-electron chi connectivity index (χ3n) is 2.75. The minimum absolute atomic E-state index is 0.274. The van der Waals surface area contributed by atoms with E-state index in [0.29, 0.717) is 5.92 Å². The van der Waals surface area contributed by atoms with Crippen molar-refractivity contribution >= 4 is 0 Å². The summed E-state index contributed by atoms with van der Waals surface area (Å²) in [4.78, 5) is 0. The largest absolute Gasteiger partial charge is 0.396 e. The maximum absolute atomic E-state index is 8.63. The highest BCUT2D eigenvalue weighted by Gasteiger charge is 1.98. The Bertz CT molecular complexity index is 279. The van der Waals surface area contributed by atoms with Gasteiger partial charge in [-0.2, -0.15) is 0 Å². The summed E-state index contributed by atoms with van der Waals surface area (Å²) in [6.45, 7) is 6.59. The van der Waals surface area contributed by atoms with Crippen molar-refractivity contribution in [1.82, 2.24) is 5.32 Å². The van der Waals surface area contributed by atoms with E-state index < -0.39 is 0 Å². The normalized spacial score (nSPS) is 11.0. The summed E-state index contributed by atoms with van der Waals surface area (Å²) in [7, 11) is 0. The molecule has 0 heterocycles. The van der Waals surface area contributed by atoms with E-state index in [-0.39, 0.29) is 6.61 Å². The van der Waals surface area contributed by atoms with Crippen molar-refractivity contribution in [1.29, 1.82) is 0 Å². The van der Waals surface area contributed by atoms with Crippen molar-refractivity contribution in [2.24, 2.45) is 0 Å². The van der Waals surface area contributed by atoms with Gasteiger partial charge in [0.2, 0.25) is 0 Å². The Morgan fingerprint density at radius 3 is 2.38 bits per heavy atom. The molecule has 0 spiro atoms. The first kappa shape index (κ1) is 13.2. The molecule has 0 saturated heterocycles. The number of benzene rings is 1. The molecule has 90 valence electrons. The zero-order chi connectivity index (χ0) is 11.8. The smallest absolute Gasteiger partial charge is 0.0443 e. The predicted molar refractivity (Wildman–Crippen MR) is 68.8 cm³/mol. The number of aliphatic hydroxyl groups excluding tert-OH is 1. The average Bonchev–Trinajstić information content (AvgIpc) is 2.29. The second-order valence-corrected chi connectivity index (χ2v) is 4.47. The number of hydrogen-bond acceptors (Lipinski definition) is 2. The fourth-order valence-corrected chi connectivity index (χ4v) is 1.63. The summed E-state index contributed by atoms with van der Waals surface area (Å²) in [5.74, 6) is 0.608. The Kier molecular flexibility index (Phi) is 6.12. The van der Waals surface area contributed by atoms with Crippen LogP contribution in [0.1, 0.15) is 37.3 Å². The molecular formula is C14H23NO. The Hall–Kier alpha value is -0.860. The predicted octanol–water partition coefficient (Wildman–Crippen LogP) is 2.32. The SMILES string of the molecule is CC(C)c1ccc(CCNCCCO)cc1. The van der Waals surface area contributed by atoms with E-state index in [1.54, 1.807) is 0 Å². The average molecular weight is 221 g/mol. The van der Waals surface area contributed by atoms with Crippen LogP contribution in [-0.4, -0.2) is 24.8 Å². The minimum Gasteiger partial charge on any atom is -0.396 e. The quantitative estimate of drug-likeness (QED) is 0.693. The summed E-state index contributed by atoms with van der Waals surface area (Å²) in [5.41, 5.74) is 2.78. The van der Waals surface area contributed by atoms with Crippen LogP contribution in [-0.2, 0) is 6.42 Å². The fourth-order valence-electron chi connectivity index (χ4n) is 1.63. The first-order valence-electron chi connectivity index (χ1n) is 6.14. The molecule has 0 aliphatic heterocycles. The molecule has 0 atom stereocenters. The Balaban J connectivity index is 2.27. The third-order valence-corrected chi connectivity index (χ3v) is 2.75. The Labute approximate surface area is 98.7 Å². The highest BCUT2D eigenvalue weighted by molar-refractivity contribution is 5.24. The zero-order valence-corrected chi connectivity index (χ0v) is 10.4. The molecule has 1 rings (SSSR count). The molecule has 2 heteroatoms. The van der Waals surface area contributed by atoms with E-state index in [1.807, 2.05) is 0 Å². The molecule has 2 nitrogen and oxygen atoms in total. The zero-order valence-electron chi connectivity index (χ0n) is 10.4. The summed E-state index contributed by atoms with van der Waals surface area (Å²) >= 11 is 0. The second kappa shape index (κ2) is 7.42. The summed E-state index contributed by atoms with van der Waals surface area (Å²) in [6, 6.07) is 8.85. The van der Waals surface area contributed by atoms with Crippen LogP contribution in [0.5, 0.6) is 0 Å². The van der Waals surface area contributed by atoms with Crippen molar-refractivity contribution in [3.63, 3.8) is 0 Å². The van der Waals surface area contributed by atoms with E-state index in [1.165, 1.54) is 11.1 Å². The van der Waals surface area contributed by atoms with Crippen LogP contribution in [0.25, 0.3) is 0 Å². The van der Waals surface area contributed by atoms with Gasteiger partial charge in [0.1, 0.15) is 0 Å². The van der Waals surface area contributed by atoms with Crippen molar-refractivity contribution in [2.45, 2.75) is 32.6 Å². The lowest BCUT2D eigenvalue weighted by molar-refractivity contribution is 0.286. The second-order valence-electron chi connectivity index (χ2n) is 4.47. The van der Waals surface area contributed by atoms with Gasteiger partial charge in [-0.25, -0.2) is 0 Å². The van der Waals surface area contributed by atoms with E-state index >= 15 is 0 Å². The molecule has 0 bridgehead atoms. The van der Waals surface area contributed by atoms with Crippen molar-refractivity contribution in [3.8, 4) is 0 Å². The number of aliphatic hydroxyl groups is 1. The molecule has 1 aromatic carbocycles. The van der Waals surface area contributed by atoms with Gasteiger partial charge < -0.3 is 10.4 Å². The van der Waals surface area contributed by atoms with E-state index in [9.17, 15) is 0 Å². The summed E-state index contributed by atoms with van der Waals surface area (Å²) in [5, 5.41) is 11.9. The molecule has 0 aromatic heterocycles. The van der Waals surface area contributed by atoms with Crippen LogP contribution >= 0.6 is 0 Å². The molecule has 16 heavy (non-hydrogen) atoms. The van der Waals surface area contributed by atoms with E-state index in [4.69, 9.17) is 5.11 Å². The van der Waals surface area contributed by atoms with Crippen LogP contribution in [0.4, 0.5) is 0 Å². The Morgan fingerprint density at radius 1 is 1.12 bits per heavy atom. The van der Waals surface area contributed by atoms with E-state index in [0.717, 1.165) is 25.9 Å². The molecule has 1 aromatic rings. The molecule has 0 amide bonds. The molecule has 0 fully saturated rings. The molecule has 2 N–H and O–H groups in total. The first-order valence-corrected chi connectivity index (χ1v) is 6.14. The lowest BCUT2D eigenvalue weighted by Crippen LogP contribution is -2.19. The standard InChI is InChI=1S/C14H23NO/c1-12(2)14-6-4-13(5-7-14)8-10-15-9-3-11-16/h4-7,12,15-16H,3,8-11H2,1-2H3. The van der Waals surface area contributed by atoms with Crippen LogP contribution < -0.4 is 5.32 Å². The van der Waals surface area contributed by atoms with Gasteiger partial charge in [0.25, 0.3) is 0 Å².